The van der Waals surface area contributed by atoms with Gasteiger partial charge in [0.15, 0.2) is 0 Å². The summed E-state index contributed by atoms with van der Waals surface area (Å²) in [6, 6.07) is 14.7. The fraction of sp³-hybridized carbons (Fsp3) is 0.250. The van der Waals surface area contributed by atoms with Crippen LogP contribution >= 0.6 is 27.7 Å². The lowest BCUT2D eigenvalue weighted by molar-refractivity contribution is 0.414. The Labute approximate surface area is 131 Å². The van der Waals surface area contributed by atoms with Gasteiger partial charge >= 0.3 is 0 Å². The first-order valence-corrected chi connectivity index (χ1v) is 8.19. The molecule has 1 aliphatic carbocycles. The van der Waals surface area contributed by atoms with Crippen molar-refractivity contribution in [3.05, 3.63) is 58.1 Å². The van der Waals surface area contributed by atoms with Crippen LogP contribution in [-0.2, 0) is 6.42 Å². The lowest BCUT2D eigenvalue weighted by atomic mass is 10.1. The second-order valence-corrected chi connectivity index (χ2v) is 7.13. The van der Waals surface area contributed by atoms with E-state index in [1.54, 1.807) is 7.11 Å². The van der Waals surface area contributed by atoms with Crippen LogP contribution in [0.5, 0.6) is 5.75 Å². The zero-order valence-electron chi connectivity index (χ0n) is 11.2. The van der Waals surface area contributed by atoms with Gasteiger partial charge in [0.2, 0.25) is 0 Å². The number of rotatable bonds is 3. The van der Waals surface area contributed by atoms with Crippen LogP contribution in [0.25, 0.3) is 0 Å². The van der Waals surface area contributed by atoms with Gasteiger partial charge in [0, 0.05) is 20.7 Å². The Kier molecular flexibility index (Phi) is 4.06. The summed E-state index contributed by atoms with van der Waals surface area (Å²) in [5, 5.41) is 0.387. The highest BCUT2D eigenvalue weighted by molar-refractivity contribution is 9.10. The van der Waals surface area contributed by atoms with Crippen molar-refractivity contribution in [2.24, 2.45) is 5.73 Å². The molecule has 2 N–H and O–H groups in total. The van der Waals surface area contributed by atoms with E-state index in [-0.39, 0.29) is 6.04 Å². The van der Waals surface area contributed by atoms with Crippen LogP contribution in [0.1, 0.15) is 17.2 Å². The minimum Gasteiger partial charge on any atom is -0.497 e. The van der Waals surface area contributed by atoms with Gasteiger partial charge in [0.1, 0.15) is 5.75 Å². The van der Waals surface area contributed by atoms with Crippen LogP contribution < -0.4 is 10.5 Å². The average molecular weight is 350 g/mol. The summed E-state index contributed by atoms with van der Waals surface area (Å²) in [7, 11) is 1.69. The van der Waals surface area contributed by atoms with E-state index in [1.807, 2.05) is 17.8 Å². The number of halogens is 1. The van der Waals surface area contributed by atoms with Crippen LogP contribution in [0.15, 0.2) is 51.8 Å². The molecule has 4 heteroatoms. The van der Waals surface area contributed by atoms with Crippen LogP contribution in [-0.4, -0.2) is 12.4 Å². The van der Waals surface area contributed by atoms with Crippen molar-refractivity contribution in [1.29, 1.82) is 0 Å². The molecule has 3 rings (SSSR count). The first-order valence-electron chi connectivity index (χ1n) is 6.52. The fourth-order valence-electron chi connectivity index (χ4n) is 2.54. The van der Waals surface area contributed by atoms with Gasteiger partial charge in [0.05, 0.1) is 7.11 Å². The summed E-state index contributed by atoms with van der Waals surface area (Å²) in [5.74, 6) is 0.883. The van der Waals surface area contributed by atoms with Gasteiger partial charge in [-0.2, -0.15) is 0 Å². The summed E-state index contributed by atoms with van der Waals surface area (Å²) in [5.41, 5.74) is 8.97. The number of thioether (sulfide) groups is 1. The zero-order valence-corrected chi connectivity index (χ0v) is 13.6. The molecular weight excluding hydrogens is 334 g/mol. The monoisotopic (exact) mass is 349 g/mol. The minimum atomic E-state index is 0.0637. The number of hydrogen-bond acceptors (Lipinski definition) is 3. The maximum Gasteiger partial charge on any atom is 0.119 e. The number of hydrogen-bond donors (Lipinski definition) is 1. The molecule has 0 aliphatic heterocycles. The lowest BCUT2D eigenvalue weighted by Gasteiger charge is -2.15. The van der Waals surface area contributed by atoms with Gasteiger partial charge in [0.25, 0.3) is 0 Å². The Bertz CT molecular complexity index is 614. The highest BCUT2D eigenvalue weighted by atomic mass is 79.9. The molecule has 2 aromatic carbocycles. The van der Waals surface area contributed by atoms with E-state index >= 15 is 0 Å². The zero-order chi connectivity index (χ0) is 14.1. The Morgan fingerprint density at radius 1 is 1.20 bits per heavy atom. The van der Waals surface area contributed by atoms with Crippen molar-refractivity contribution >= 4 is 27.7 Å². The molecule has 0 fully saturated rings. The number of benzene rings is 2. The molecule has 0 saturated heterocycles. The molecule has 0 heterocycles. The molecule has 0 spiro atoms. The molecule has 0 bridgehead atoms. The SMILES string of the molecule is COc1ccc2c(c1)C(N)C(Sc1ccc(Br)cc1)C2. The normalized spacial score (nSPS) is 20.8. The smallest absolute Gasteiger partial charge is 0.119 e. The molecule has 1 aliphatic rings. The molecule has 2 aromatic rings. The third-order valence-corrected chi connectivity index (χ3v) is 5.47. The van der Waals surface area contributed by atoms with E-state index < -0.39 is 0 Å². The molecule has 20 heavy (non-hydrogen) atoms. The highest BCUT2D eigenvalue weighted by Gasteiger charge is 2.30. The van der Waals surface area contributed by atoms with E-state index in [2.05, 4.69) is 52.3 Å². The van der Waals surface area contributed by atoms with Crippen LogP contribution in [0.4, 0.5) is 0 Å². The van der Waals surface area contributed by atoms with Crippen LogP contribution in [0, 0.1) is 0 Å². The maximum absolute atomic E-state index is 6.41. The summed E-state index contributed by atoms with van der Waals surface area (Å²) >= 11 is 5.31. The van der Waals surface area contributed by atoms with Gasteiger partial charge in [-0.1, -0.05) is 22.0 Å². The predicted octanol–water partition coefficient (Wildman–Crippen LogP) is 4.17. The van der Waals surface area contributed by atoms with Crippen molar-refractivity contribution < 1.29 is 4.74 Å². The van der Waals surface area contributed by atoms with Crippen LogP contribution in [0.3, 0.4) is 0 Å². The third kappa shape index (κ3) is 2.73. The topological polar surface area (TPSA) is 35.2 Å². The summed E-state index contributed by atoms with van der Waals surface area (Å²) < 4.78 is 6.39. The Hall–Kier alpha value is -0.970. The maximum atomic E-state index is 6.41. The number of ether oxygens (including phenoxy) is 1. The van der Waals surface area contributed by atoms with Gasteiger partial charge < -0.3 is 10.5 Å². The summed E-state index contributed by atoms with van der Waals surface area (Å²) in [6.07, 6.45) is 1.02. The second-order valence-electron chi connectivity index (χ2n) is 4.90. The summed E-state index contributed by atoms with van der Waals surface area (Å²) in [4.78, 5) is 1.26. The largest absolute Gasteiger partial charge is 0.497 e. The minimum absolute atomic E-state index is 0.0637. The Morgan fingerprint density at radius 2 is 1.95 bits per heavy atom. The van der Waals surface area contributed by atoms with Crippen molar-refractivity contribution in [3.8, 4) is 5.75 Å². The highest BCUT2D eigenvalue weighted by Crippen LogP contribution is 2.41. The van der Waals surface area contributed by atoms with Gasteiger partial charge in [-0.3, -0.25) is 0 Å². The van der Waals surface area contributed by atoms with Crippen molar-refractivity contribution in [1.82, 2.24) is 0 Å². The van der Waals surface area contributed by atoms with Crippen molar-refractivity contribution in [3.63, 3.8) is 0 Å². The van der Waals surface area contributed by atoms with E-state index in [1.165, 1.54) is 16.0 Å². The van der Waals surface area contributed by atoms with E-state index in [0.29, 0.717) is 5.25 Å². The van der Waals surface area contributed by atoms with Gasteiger partial charge in [-0.15, -0.1) is 11.8 Å². The molecule has 2 atom stereocenters. The first-order chi connectivity index (χ1) is 9.67. The second kappa shape index (κ2) is 5.80. The van der Waals surface area contributed by atoms with Gasteiger partial charge in [-0.05, 0) is 53.9 Å². The third-order valence-electron chi connectivity index (χ3n) is 3.63. The molecule has 0 amide bonds. The lowest BCUT2D eigenvalue weighted by Crippen LogP contribution is -2.18. The number of methoxy groups -OCH3 is 1. The van der Waals surface area contributed by atoms with E-state index in [0.717, 1.165) is 16.6 Å². The van der Waals surface area contributed by atoms with E-state index in [4.69, 9.17) is 10.5 Å². The first kappa shape index (κ1) is 14.0. The molecular formula is C16H16BrNOS. The number of nitrogens with two attached hydrogens (primary N) is 1. The number of fused-ring (bicyclic) bond motifs is 1. The average Bonchev–Trinajstić information content (AvgIpc) is 2.77. The van der Waals surface area contributed by atoms with Crippen molar-refractivity contribution in [2.45, 2.75) is 22.6 Å². The Balaban J connectivity index is 1.79. The van der Waals surface area contributed by atoms with E-state index in [9.17, 15) is 0 Å². The molecule has 0 radical (unpaired) electrons. The molecule has 104 valence electrons. The predicted molar refractivity (Wildman–Crippen MR) is 87.4 cm³/mol. The van der Waals surface area contributed by atoms with Gasteiger partial charge in [-0.25, -0.2) is 0 Å². The molecule has 2 nitrogen and oxygen atoms in total. The Morgan fingerprint density at radius 3 is 2.65 bits per heavy atom. The molecule has 0 saturated carbocycles. The van der Waals surface area contributed by atoms with Crippen LogP contribution in [0.2, 0.25) is 0 Å². The molecule has 2 unspecified atom stereocenters. The van der Waals surface area contributed by atoms with Crippen molar-refractivity contribution in [2.75, 3.05) is 7.11 Å². The fourth-order valence-corrected chi connectivity index (χ4v) is 4.01. The summed E-state index contributed by atoms with van der Waals surface area (Å²) in [6.45, 7) is 0. The quantitative estimate of drug-likeness (QED) is 0.902. The molecule has 0 aromatic heterocycles. The standard InChI is InChI=1S/C16H16BrNOS/c1-19-12-5-2-10-8-15(16(18)14(10)9-12)20-13-6-3-11(17)4-7-13/h2-7,9,15-16H,8,18H2,1H3.